The average molecular weight is 537 g/mol. The number of halogens is 1. The number of nitrogens with zero attached hydrogens (tertiary/aromatic N) is 3. The van der Waals surface area contributed by atoms with Crippen LogP contribution in [0.5, 0.6) is 0 Å². The van der Waals surface area contributed by atoms with Gasteiger partial charge in [0.25, 0.3) is 0 Å². The van der Waals surface area contributed by atoms with E-state index in [-0.39, 0.29) is 17.9 Å². The van der Waals surface area contributed by atoms with Crippen molar-refractivity contribution in [3.05, 3.63) is 39.9 Å². The van der Waals surface area contributed by atoms with E-state index < -0.39 is 23.4 Å². The molecule has 36 heavy (non-hydrogen) atoms. The predicted molar refractivity (Wildman–Crippen MR) is 141 cm³/mol. The van der Waals surface area contributed by atoms with Crippen molar-refractivity contribution in [3.63, 3.8) is 0 Å². The molecule has 0 aliphatic heterocycles. The molecular formula is C25H33ClN4O5S. The molecule has 1 atom stereocenters. The number of alkyl carbamates (subject to hydrolysis) is 1. The molecule has 0 saturated heterocycles. The summed E-state index contributed by atoms with van der Waals surface area (Å²) in [6, 6.07) is 3.31. The Bertz CT molecular complexity index is 1230. The first-order valence-corrected chi connectivity index (χ1v) is 12.8. The highest BCUT2D eigenvalue weighted by molar-refractivity contribution is 7.19. The van der Waals surface area contributed by atoms with Gasteiger partial charge in [-0.3, -0.25) is 4.90 Å². The summed E-state index contributed by atoms with van der Waals surface area (Å²) in [5, 5.41) is 2.88. The van der Waals surface area contributed by atoms with Gasteiger partial charge in [0.05, 0.1) is 23.0 Å². The van der Waals surface area contributed by atoms with Gasteiger partial charge in [0.2, 0.25) is 5.28 Å². The number of aryl methyl sites for hydroxylation is 1. The van der Waals surface area contributed by atoms with Crippen molar-refractivity contribution in [2.75, 3.05) is 4.90 Å². The summed E-state index contributed by atoms with van der Waals surface area (Å²) in [4.78, 5) is 36.7. The molecule has 1 N–H and O–H groups in total. The van der Waals surface area contributed by atoms with E-state index in [1.807, 2.05) is 34.6 Å². The SMILES string of the molecule is Cc1c(C[C@@H](C)NC(=O)OC(C)(C)C)sc2c(N(Cc3ccco3)C(=O)OC(C)(C)C)nc(Cl)nc12. The van der Waals surface area contributed by atoms with E-state index in [0.29, 0.717) is 28.2 Å². The van der Waals surface area contributed by atoms with Crippen LogP contribution < -0.4 is 10.2 Å². The molecule has 9 nitrogen and oxygen atoms in total. The van der Waals surface area contributed by atoms with Crippen LogP contribution in [0, 0.1) is 6.92 Å². The summed E-state index contributed by atoms with van der Waals surface area (Å²) in [6.07, 6.45) is 1.01. The zero-order valence-corrected chi connectivity index (χ0v) is 23.5. The average Bonchev–Trinajstić information content (AvgIpc) is 3.32. The van der Waals surface area contributed by atoms with Crippen molar-refractivity contribution in [3.8, 4) is 0 Å². The first kappa shape index (κ1) is 27.7. The summed E-state index contributed by atoms with van der Waals surface area (Å²) in [7, 11) is 0. The lowest BCUT2D eigenvalue weighted by Gasteiger charge is -2.26. The largest absolute Gasteiger partial charge is 0.467 e. The zero-order valence-electron chi connectivity index (χ0n) is 21.9. The number of amides is 2. The number of hydrogen-bond acceptors (Lipinski definition) is 8. The van der Waals surface area contributed by atoms with E-state index in [4.69, 9.17) is 25.5 Å². The fourth-order valence-corrected chi connectivity index (χ4v) is 4.95. The summed E-state index contributed by atoms with van der Waals surface area (Å²) in [5.74, 6) is 0.898. The number of ether oxygens (including phenoxy) is 2. The maximum absolute atomic E-state index is 13.2. The summed E-state index contributed by atoms with van der Waals surface area (Å²) in [5.41, 5.74) is 0.244. The minimum atomic E-state index is -0.715. The Morgan fingerprint density at radius 1 is 1.17 bits per heavy atom. The fraction of sp³-hybridized carbons (Fsp3) is 0.520. The number of nitrogens with one attached hydrogen (secondary N) is 1. The highest BCUT2D eigenvalue weighted by Crippen LogP contribution is 2.38. The number of carbonyl (C=O) groups excluding carboxylic acids is 2. The van der Waals surface area contributed by atoms with Gasteiger partial charge in [0.1, 0.15) is 17.0 Å². The molecule has 196 valence electrons. The fourth-order valence-electron chi connectivity index (χ4n) is 3.41. The highest BCUT2D eigenvalue weighted by atomic mass is 35.5. The van der Waals surface area contributed by atoms with Crippen LogP contribution in [0.25, 0.3) is 10.2 Å². The van der Waals surface area contributed by atoms with Crippen LogP contribution in [0.15, 0.2) is 22.8 Å². The Kier molecular flexibility index (Phi) is 8.20. The molecule has 3 aromatic heterocycles. The molecule has 0 bridgehead atoms. The first-order chi connectivity index (χ1) is 16.6. The van der Waals surface area contributed by atoms with Gasteiger partial charge in [-0.25, -0.2) is 14.6 Å². The van der Waals surface area contributed by atoms with E-state index in [1.165, 1.54) is 22.5 Å². The van der Waals surface area contributed by atoms with E-state index in [0.717, 1.165) is 10.4 Å². The van der Waals surface area contributed by atoms with Crippen molar-refractivity contribution < 1.29 is 23.5 Å². The summed E-state index contributed by atoms with van der Waals surface area (Å²) >= 11 is 7.76. The maximum atomic E-state index is 13.2. The third kappa shape index (κ3) is 7.33. The number of fused-ring (bicyclic) bond motifs is 1. The second-order valence-corrected chi connectivity index (χ2v) is 12.0. The van der Waals surface area contributed by atoms with E-state index in [9.17, 15) is 9.59 Å². The second kappa shape index (κ2) is 10.6. The number of carbonyl (C=O) groups is 2. The lowest BCUT2D eigenvalue weighted by atomic mass is 10.1. The lowest BCUT2D eigenvalue weighted by molar-refractivity contribution is 0.0506. The Balaban J connectivity index is 1.98. The van der Waals surface area contributed by atoms with Crippen molar-refractivity contribution in [1.29, 1.82) is 0 Å². The summed E-state index contributed by atoms with van der Waals surface area (Å²) in [6.45, 7) is 14.8. The van der Waals surface area contributed by atoms with Crippen molar-refractivity contribution >= 4 is 51.2 Å². The molecular weight excluding hydrogens is 504 g/mol. The number of aromatic nitrogens is 2. The molecule has 0 aliphatic rings. The lowest BCUT2D eigenvalue weighted by Crippen LogP contribution is -2.38. The minimum absolute atomic E-state index is 0.0119. The molecule has 0 aromatic carbocycles. The summed E-state index contributed by atoms with van der Waals surface area (Å²) < 4.78 is 17.2. The molecule has 0 spiro atoms. The minimum Gasteiger partial charge on any atom is -0.467 e. The van der Waals surface area contributed by atoms with Gasteiger partial charge in [0, 0.05) is 17.3 Å². The van der Waals surface area contributed by atoms with E-state index >= 15 is 0 Å². The molecule has 11 heteroatoms. The monoisotopic (exact) mass is 536 g/mol. The van der Waals surface area contributed by atoms with Crippen LogP contribution in [0.2, 0.25) is 5.28 Å². The molecule has 3 aromatic rings. The third-order valence-electron chi connectivity index (χ3n) is 4.84. The van der Waals surface area contributed by atoms with Crippen molar-refractivity contribution in [2.45, 2.75) is 85.6 Å². The number of hydrogen-bond donors (Lipinski definition) is 1. The smallest absolute Gasteiger partial charge is 0.416 e. The maximum Gasteiger partial charge on any atom is 0.416 e. The normalized spacial score (nSPS) is 12.9. The zero-order chi connectivity index (χ0) is 26.8. The van der Waals surface area contributed by atoms with Crippen LogP contribution in [0.1, 0.15) is 64.7 Å². The van der Waals surface area contributed by atoms with Crippen LogP contribution >= 0.6 is 22.9 Å². The second-order valence-electron chi connectivity index (χ2n) is 10.5. The molecule has 0 saturated carbocycles. The van der Waals surface area contributed by atoms with Gasteiger partial charge in [0.15, 0.2) is 5.82 Å². The van der Waals surface area contributed by atoms with Crippen LogP contribution in [-0.2, 0) is 22.4 Å². The molecule has 3 heterocycles. The molecule has 0 unspecified atom stereocenters. The Labute approximate surface area is 220 Å². The predicted octanol–water partition coefficient (Wildman–Crippen LogP) is 6.64. The highest BCUT2D eigenvalue weighted by Gasteiger charge is 2.29. The van der Waals surface area contributed by atoms with Gasteiger partial charge in [-0.1, -0.05) is 0 Å². The van der Waals surface area contributed by atoms with Crippen molar-refractivity contribution in [2.24, 2.45) is 0 Å². The van der Waals surface area contributed by atoms with Gasteiger partial charge < -0.3 is 19.2 Å². The molecule has 2 amide bonds. The Hall–Kier alpha value is -2.85. The van der Waals surface area contributed by atoms with Crippen LogP contribution in [0.3, 0.4) is 0 Å². The van der Waals surface area contributed by atoms with Gasteiger partial charge in [-0.15, -0.1) is 11.3 Å². The topological polar surface area (TPSA) is 107 Å². The Morgan fingerprint density at radius 2 is 1.83 bits per heavy atom. The number of rotatable bonds is 6. The van der Waals surface area contributed by atoms with Crippen LogP contribution in [0.4, 0.5) is 15.4 Å². The first-order valence-electron chi connectivity index (χ1n) is 11.6. The number of anilines is 1. The van der Waals surface area contributed by atoms with Crippen molar-refractivity contribution in [1.82, 2.24) is 15.3 Å². The van der Waals surface area contributed by atoms with Crippen LogP contribution in [-0.4, -0.2) is 39.4 Å². The third-order valence-corrected chi connectivity index (χ3v) is 6.31. The molecule has 0 radical (unpaired) electrons. The Morgan fingerprint density at radius 3 is 2.42 bits per heavy atom. The quantitative estimate of drug-likeness (QED) is 0.352. The number of furan rings is 1. The van der Waals surface area contributed by atoms with Gasteiger partial charge >= 0.3 is 12.2 Å². The molecule has 3 rings (SSSR count). The van der Waals surface area contributed by atoms with Gasteiger partial charge in [-0.05, 0) is 84.7 Å². The number of thiophene rings is 1. The van der Waals surface area contributed by atoms with E-state index in [2.05, 4.69) is 15.3 Å². The molecule has 0 fully saturated rings. The van der Waals surface area contributed by atoms with Gasteiger partial charge in [-0.2, -0.15) is 4.98 Å². The molecule has 0 aliphatic carbocycles. The van der Waals surface area contributed by atoms with E-state index in [1.54, 1.807) is 32.9 Å². The standard InChI is InChI=1S/C25H33ClN4O5S/c1-14(27-22(31)34-24(3,4)5)12-17-15(2)18-19(36-17)20(29-21(26)28-18)30(13-16-10-9-11-33-16)23(32)35-25(6,7)8/h9-11,14H,12-13H2,1-8H3,(H,27,31)/t14-/m1/s1.